The molecule has 1 aromatic carbocycles. The van der Waals surface area contributed by atoms with Gasteiger partial charge in [-0.15, -0.1) is 0 Å². The molecule has 0 spiro atoms. The minimum absolute atomic E-state index is 0.201. The summed E-state index contributed by atoms with van der Waals surface area (Å²) in [6.45, 7) is 1.77. The van der Waals surface area contributed by atoms with Crippen LogP contribution in [0.25, 0.3) is 0 Å². The summed E-state index contributed by atoms with van der Waals surface area (Å²) < 4.78 is 24.2. The molecular weight excluding hydrogens is 209 g/mol. The van der Waals surface area contributed by atoms with Gasteiger partial charge in [-0.2, -0.15) is 0 Å². The second-order valence-corrected chi connectivity index (χ2v) is 3.89. The minimum Gasteiger partial charge on any atom is -0.493 e. The van der Waals surface area contributed by atoms with Crippen LogP contribution >= 0.6 is 0 Å². The van der Waals surface area contributed by atoms with E-state index in [-0.39, 0.29) is 17.5 Å². The van der Waals surface area contributed by atoms with Crippen molar-refractivity contribution in [3.05, 3.63) is 23.5 Å². The normalized spacial score (nSPS) is 19.8. The van der Waals surface area contributed by atoms with Crippen LogP contribution in [0.1, 0.15) is 17.9 Å². The van der Waals surface area contributed by atoms with E-state index in [4.69, 9.17) is 9.47 Å². The van der Waals surface area contributed by atoms with Gasteiger partial charge >= 0.3 is 0 Å². The molecule has 1 unspecified atom stereocenters. The van der Waals surface area contributed by atoms with Crippen LogP contribution < -0.4 is 14.8 Å². The molecule has 1 aromatic rings. The number of ether oxygens (including phenoxy) is 2. The van der Waals surface area contributed by atoms with Crippen molar-refractivity contribution in [2.24, 2.45) is 0 Å². The van der Waals surface area contributed by atoms with Gasteiger partial charge < -0.3 is 14.8 Å². The standard InChI is InChI=1S/C12H16FNO2/c1-15-10-4-3-9(8-5-6-14-7-8)11(13)12(10)16-2/h3-4,8,14H,5-7H2,1-2H3. The Kier molecular flexibility index (Phi) is 3.29. The number of nitrogens with one attached hydrogen (secondary N) is 1. The molecule has 16 heavy (non-hydrogen) atoms. The Hall–Kier alpha value is -1.29. The van der Waals surface area contributed by atoms with E-state index in [9.17, 15) is 4.39 Å². The van der Waals surface area contributed by atoms with Gasteiger partial charge in [0.15, 0.2) is 17.3 Å². The van der Waals surface area contributed by atoms with Crippen molar-refractivity contribution in [3.63, 3.8) is 0 Å². The Balaban J connectivity index is 2.39. The fourth-order valence-electron chi connectivity index (χ4n) is 2.14. The van der Waals surface area contributed by atoms with Crippen molar-refractivity contribution >= 4 is 0 Å². The number of hydrogen-bond acceptors (Lipinski definition) is 3. The minimum atomic E-state index is -0.296. The first-order chi connectivity index (χ1) is 7.77. The zero-order valence-corrected chi connectivity index (χ0v) is 9.55. The van der Waals surface area contributed by atoms with Crippen LogP contribution in [0.4, 0.5) is 4.39 Å². The Bertz CT molecular complexity index is 376. The van der Waals surface area contributed by atoms with E-state index in [1.54, 1.807) is 12.1 Å². The first-order valence-corrected chi connectivity index (χ1v) is 5.39. The predicted molar refractivity (Wildman–Crippen MR) is 59.7 cm³/mol. The Morgan fingerprint density at radius 2 is 2.12 bits per heavy atom. The van der Waals surface area contributed by atoms with Gasteiger partial charge in [0.05, 0.1) is 14.2 Å². The van der Waals surface area contributed by atoms with E-state index in [0.29, 0.717) is 11.3 Å². The van der Waals surface area contributed by atoms with Crippen molar-refractivity contribution in [2.75, 3.05) is 27.3 Å². The lowest BCUT2D eigenvalue weighted by molar-refractivity contribution is 0.335. The third-order valence-electron chi connectivity index (χ3n) is 3.02. The number of benzene rings is 1. The summed E-state index contributed by atoms with van der Waals surface area (Å²) >= 11 is 0. The predicted octanol–water partition coefficient (Wildman–Crippen LogP) is 1.92. The zero-order valence-electron chi connectivity index (χ0n) is 9.55. The van der Waals surface area contributed by atoms with Crippen LogP contribution in [-0.2, 0) is 0 Å². The van der Waals surface area contributed by atoms with Crippen LogP contribution in [0.2, 0.25) is 0 Å². The third-order valence-corrected chi connectivity index (χ3v) is 3.02. The summed E-state index contributed by atoms with van der Waals surface area (Å²) in [5.41, 5.74) is 0.711. The van der Waals surface area contributed by atoms with Crippen molar-refractivity contribution in [1.29, 1.82) is 0 Å². The van der Waals surface area contributed by atoms with E-state index < -0.39 is 0 Å². The molecule has 88 valence electrons. The highest BCUT2D eigenvalue weighted by Gasteiger charge is 2.23. The molecular formula is C12H16FNO2. The monoisotopic (exact) mass is 225 g/mol. The largest absolute Gasteiger partial charge is 0.493 e. The molecule has 0 amide bonds. The molecule has 0 aromatic heterocycles. The first-order valence-electron chi connectivity index (χ1n) is 5.39. The summed E-state index contributed by atoms with van der Waals surface area (Å²) in [6, 6.07) is 3.55. The highest BCUT2D eigenvalue weighted by atomic mass is 19.1. The lowest BCUT2D eigenvalue weighted by Gasteiger charge is -2.15. The summed E-state index contributed by atoms with van der Waals surface area (Å²) in [6.07, 6.45) is 0.965. The van der Waals surface area contributed by atoms with Crippen molar-refractivity contribution in [3.8, 4) is 11.5 Å². The zero-order chi connectivity index (χ0) is 11.5. The summed E-state index contributed by atoms with van der Waals surface area (Å²) in [5, 5.41) is 3.23. The fourth-order valence-corrected chi connectivity index (χ4v) is 2.14. The van der Waals surface area contributed by atoms with Crippen LogP contribution in [0.15, 0.2) is 12.1 Å². The number of rotatable bonds is 3. The molecule has 4 heteroatoms. The van der Waals surface area contributed by atoms with Gasteiger partial charge in [-0.25, -0.2) is 4.39 Å². The second kappa shape index (κ2) is 4.70. The lowest BCUT2D eigenvalue weighted by Crippen LogP contribution is -2.09. The molecule has 2 rings (SSSR count). The number of methoxy groups -OCH3 is 2. The fraction of sp³-hybridized carbons (Fsp3) is 0.500. The highest BCUT2D eigenvalue weighted by Crippen LogP contribution is 2.36. The first kappa shape index (κ1) is 11.2. The van der Waals surface area contributed by atoms with Gasteiger partial charge in [0.1, 0.15) is 0 Å². The van der Waals surface area contributed by atoms with Gasteiger partial charge in [0, 0.05) is 12.5 Å². The Morgan fingerprint density at radius 1 is 1.31 bits per heavy atom. The van der Waals surface area contributed by atoms with E-state index in [1.807, 2.05) is 0 Å². The molecule has 0 saturated carbocycles. The third kappa shape index (κ3) is 1.85. The van der Waals surface area contributed by atoms with Crippen molar-refractivity contribution < 1.29 is 13.9 Å². The summed E-state index contributed by atoms with van der Waals surface area (Å²) in [5.74, 6) is 0.581. The van der Waals surface area contributed by atoms with E-state index >= 15 is 0 Å². The smallest absolute Gasteiger partial charge is 0.197 e. The average Bonchev–Trinajstić information content (AvgIpc) is 2.81. The second-order valence-electron chi connectivity index (χ2n) is 3.89. The van der Waals surface area contributed by atoms with Gasteiger partial charge in [0.2, 0.25) is 0 Å². The van der Waals surface area contributed by atoms with Gasteiger partial charge in [-0.3, -0.25) is 0 Å². The van der Waals surface area contributed by atoms with E-state index in [1.165, 1.54) is 14.2 Å². The van der Waals surface area contributed by atoms with Gasteiger partial charge in [-0.05, 0) is 24.6 Å². The Morgan fingerprint density at radius 3 is 2.69 bits per heavy atom. The molecule has 1 saturated heterocycles. The van der Waals surface area contributed by atoms with Crippen LogP contribution in [0.5, 0.6) is 11.5 Å². The molecule has 1 aliphatic rings. The topological polar surface area (TPSA) is 30.5 Å². The van der Waals surface area contributed by atoms with Crippen molar-refractivity contribution in [1.82, 2.24) is 5.32 Å². The maximum atomic E-state index is 14.1. The molecule has 1 heterocycles. The van der Waals surface area contributed by atoms with Gasteiger partial charge in [0.25, 0.3) is 0 Å². The summed E-state index contributed by atoms with van der Waals surface area (Å²) in [7, 11) is 2.96. The van der Waals surface area contributed by atoms with Crippen LogP contribution in [0, 0.1) is 5.82 Å². The molecule has 1 fully saturated rings. The highest BCUT2D eigenvalue weighted by molar-refractivity contribution is 5.45. The maximum absolute atomic E-state index is 14.1. The van der Waals surface area contributed by atoms with E-state index in [0.717, 1.165) is 19.5 Å². The molecule has 3 nitrogen and oxygen atoms in total. The molecule has 0 radical (unpaired) electrons. The average molecular weight is 225 g/mol. The molecule has 1 atom stereocenters. The number of halogens is 1. The molecule has 0 bridgehead atoms. The van der Waals surface area contributed by atoms with Crippen molar-refractivity contribution in [2.45, 2.75) is 12.3 Å². The summed E-state index contributed by atoms with van der Waals surface area (Å²) in [4.78, 5) is 0. The maximum Gasteiger partial charge on any atom is 0.197 e. The SMILES string of the molecule is COc1ccc(C2CCNC2)c(F)c1OC. The molecule has 1 aliphatic heterocycles. The van der Waals surface area contributed by atoms with Crippen LogP contribution in [-0.4, -0.2) is 27.3 Å². The molecule has 1 N–H and O–H groups in total. The van der Waals surface area contributed by atoms with Gasteiger partial charge in [-0.1, -0.05) is 6.07 Å². The quantitative estimate of drug-likeness (QED) is 0.852. The molecule has 0 aliphatic carbocycles. The van der Waals surface area contributed by atoms with E-state index in [2.05, 4.69) is 5.32 Å². The van der Waals surface area contributed by atoms with Crippen LogP contribution in [0.3, 0.4) is 0 Å². The number of hydrogen-bond donors (Lipinski definition) is 1. The lowest BCUT2D eigenvalue weighted by atomic mass is 9.97. The Labute approximate surface area is 94.6 Å².